The normalized spacial score (nSPS) is 21.6. The Kier molecular flexibility index (Phi) is 4.82. The number of carbonyl (C=O) groups excluding carboxylic acids is 2. The van der Waals surface area contributed by atoms with Crippen LogP contribution in [-0.2, 0) is 21.6 Å². The molecule has 1 fully saturated rings. The maximum Gasteiger partial charge on any atom is 0.411 e. The lowest BCUT2D eigenvalue weighted by Gasteiger charge is -2.35. The van der Waals surface area contributed by atoms with Gasteiger partial charge in [0, 0.05) is 31.1 Å². The highest BCUT2D eigenvalue weighted by molar-refractivity contribution is 5.89. The highest BCUT2D eigenvalue weighted by Gasteiger charge is 2.48. The smallest absolute Gasteiger partial charge is 0.411 e. The largest absolute Gasteiger partial charge is 0.508 e. The van der Waals surface area contributed by atoms with Crippen LogP contribution in [0.2, 0.25) is 0 Å². The van der Waals surface area contributed by atoms with Gasteiger partial charge in [-0.15, -0.1) is 0 Å². The molecule has 152 valence electrons. The van der Waals surface area contributed by atoms with Gasteiger partial charge in [0.1, 0.15) is 11.5 Å². The zero-order valence-corrected chi connectivity index (χ0v) is 16.0. The SMILES string of the molecule is NC(=O)C1(OC(=O)N2CCC(c3ccc(O)cc3O)CC2)CCc2ccccc21. The highest BCUT2D eigenvalue weighted by atomic mass is 16.6. The van der Waals surface area contributed by atoms with Crippen molar-refractivity contribution in [2.24, 2.45) is 5.73 Å². The van der Waals surface area contributed by atoms with Gasteiger partial charge in [-0.2, -0.15) is 0 Å². The minimum Gasteiger partial charge on any atom is -0.508 e. The summed E-state index contributed by atoms with van der Waals surface area (Å²) in [5, 5.41) is 19.5. The number of nitrogens with two attached hydrogens (primary N) is 1. The van der Waals surface area contributed by atoms with Gasteiger partial charge in [0.25, 0.3) is 5.91 Å². The summed E-state index contributed by atoms with van der Waals surface area (Å²) in [4.78, 5) is 26.7. The second kappa shape index (κ2) is 7.31. The lowest BCUT2D eigenvalue weighted by molar-refractivity contribution is -0.138. The van der Waals surface area contributed by atoms with Crippen LogP contribution in [0.5, 0.6) is 11.5 Å². The Morgan fingerprint density at radius 1 is 1.10 bits per heavy atom. The first-order chi connectivity index (χ1) is 13.9. The molecule has 0 bridgehead atoms. The van der Waals surface area contributed by atoms with Crippen molar-refractivity contribution in [1.29, 1.82) is 0 Å². The van der Waals surface area contributed by atoms with Crippen molar-refractivity contribution in [3.8, 4) is 11.5 Å². The van der Waals surface area contributed by atoms with Gasteiger partial charge in [0.2, 0.25) is 5.60 Å². The van der Waals surface area contributed by atoms with Crippen molar-refractivity contribution in [2.45, 2.75) is 37.2 Å². The van der Waals surface area contributed by atoms with Crippen molar-refractivity contribution < 1.29 is 24.5 Å². The van der Waals surface area contributed by atoms with Gasteiger partial charge in [0.15, 0.2) is 0 Å². The predicted molar refractivity (Wildman–Crippen MR) is 105 cm³/mol. The Labute approximate surface area is 168 Å². The number of nitrogens with zero attached hydrogens (tertiary/aromatic N) is 1. The van der Waals surface area contributed by atoms with E-state index < -0.39 is 17.6 Å². The molecule has 7 nitrogen and oxygen atoms in total. The second-order valence-electron chi connectivity index (χ2n) is 7.72. The summed E-state index contributed by atoms with van der Waals surface area (Å²) in [6.45, 7) is 0.889. The standard InChI is InChI=1S/C22H24N2O5/c23-20(27)22(10-7-15-3-1-2-4-18(15)22)29-21(28)24-11-8-14(9-12-24)17-6-5-16(25)13-19(17)26/h1-6,13-14,25-26H,7-12H2,(H2,23,27). The number of amides is 2. The first-order valence-corrected chi connectivity index (χ1v) is 9.79. The van der Waals surface area contributed by atoms with Crippen LogP contribution >= 0.6 is 0 Å². The van der Waals surface area contributed by atoms with Gasteiger partial charge in [0.05, 0.1) is 0 Å². The average molecular weight is 396 g/mol. The molecule has 4 rings (SSSR count). The van der Waals surface area contributed by atoms with Crippen LogP contribution in [0.15, 0.2) is 42.5 Å². The molecular weight excluding hydrogens is 372 g/mol. The van der Waals surface area contributed by atoms with Crippen molar-refractivity contribution in [3.63, 3.8) is 0 Å². The van der Waals surface area contributed by atoms with Gasteiger partial charge >= 0.3 is 6.09 Å². The van der Waals surface area contributed by atoms with E-state index in [0.29, 0.717) is 44.3 Å². The number of carbonyl (C=O) groups is 2. The van der Waals surface area contributed by atoms with Crippen molar-refractivity contribution in [2.75, 3.05) is 13.1 Å². The first-order valence-electron chi connectivity index (χ1n) is 9.79. The van der Waals surface area contributed by atoms with E-state index in [1.165, 1.54) is 6.07 Å². The maximum atomic E-state index is 12.8. The van der Waals surface area contributed by atoms with E-state index in [-0.39, 0.29) is 17.4 Å². The van der Waals surface area contributed by atoms with E-state index in [0.717, 1.165) is 11.1 Å². The molecule has 2 amide bonds. The summed E-state index contributed by atoms with van der Waals surface area (Å²) in [6.07, 6.45) is 1.73. The summed E-state index contributed by atoms with van der Waals surface area (Å²) in [7, 11) is 0. The molecule has 0 aromatic heterocycles. The first kappa shape index (κ1) is 19.1. The number of aromatic hydroxyl groups is 2. The van der Waals surface area contributed by atoms with E-state index in [4.69, 9.17) is 10.5 Å². The van der Waals surface area contributed by atoms with Crippen molar-refractivity contribution in [1.82, 2.24) is 4.90 Å². The number of likely N-dealkylation sites (tertiary alicyclic amines) is 1. The number of hydrogen-bond donors (Lipinski definition) is 3. The number of piperidine rings is 1. The summed E-state index contributed by atoms with van der Waals surface area (Å²) in [6, 6.07) is 12.0. The van der Waals surface area contributed by atoms with E-state index in [9.17, 15) is 19.8 Å². The number of aryl methyl sites for hydroxylation is 1. The molecule has 1 aliphatic carbocycles. The highest BCUT2D eigenvalue weighted by Crippen LogP contribution is 2.41. The number of ether oxygens (including phenoxy) is 1. The fraction of sp³-hybridized carbons (Fsp3) is 0.364. The number of phenols is 2. The number of benzene rings is 2. The number of fused-ring (bicyclic) bond motifs is 1. The van der Waals surface area contributed by atoms with E-state index >= 15 is 0 Å². The molecule has 0 radical (unpaired) electrons. The molecule has 0 saturated carbocycles. The van der Waals surface area contributed by atoms with Gasteiger partial charge < -0.3 is 25.6 Å². The second-order valence-corrected chi connectivity index (χ2v) is 7.72. The van der Waals surface area contributed by atoms with Crippen LogP contribution in [0.25, 0.3) is 0 Å². The van der Waals surface area contributed by atoms with Crippen LogP contribution in [0.3, 0.4) is 0 Å². The Morgan fingerprint density at radius 3 is 2.52 bits per heavy atom. The van der Waals surface area contributed by atoms with Crippen LogP contribution in [0.4, 0.5) is 4.79 Å². The zero-order chi connectivity index (χ0) is 20.6. The lowest BCUT2D eigenvalue weighted by Crippen LogP contribution is -2.48. The van der Waals surface area contributed by atoms with Crippen molar-refractivity contribution in [3.05, 3.63) is 59.2 Å². The molecule has 1 heterocycles. The van der Waals surface area contributed by atoms with Gasteiger partial charge in [-0.25, -0.2) is 4.79 Å². The molecule has 2 aromatic rings. The summed E-state index contributed by atoms with van der Waals surface area (Å²) < 4.78 is 5.74. The molecule has 1 saturated heterocycles. The zero-order valence-electron chi connectivity index (χ0n) is 16.0. The molecule has 1 unspecified atom stereocenters. The van der Waals surface area contributed by atoms with E-state index in [1.807, 2.05) is 18.2 Å². The number of hydrogen-bond acceptors (Lipinski definition) is 5. The fourth-order valence-electron chi connectivity index (χ4n) is 4.45. The van der Waals surface area contributed by atoms with Crippen molar-refractivity contribution >= 4 is 12.0 Å². The molecular formula is C22H24N2O5. The average Bonchev–Trinajstić information content (AvgIpc) is 3.08. The fourth-order valence-corrected chi connectivity index (χ4v) is 4.45. The maximum absolute atomic E-state index is 12.8. The molecule has 7 heteroatoms. The molecule has 2 aromatic carbocycles. The molecule has 1 atom stereocenters. The third-order valence-electron chi connectivity index (χ3n) is 6.07. The number of primary amides is 1. The monoisotopic (exact) mass is 396 g/mol. The molecule has 0 spiro atoms. The minimum atomic E-state index is -1.42. The Balaban J connectivity index is 1.45. The molecule has 2 aliphatic rings. The Hall–Kier alpha value is -3.22. The quantitative estimate of drug-likeness (QED) is 0.738. The van der Waals surface area contributed by atoms with Crippen LogP contribution in [0.1, 0.15) is 41.9 Å². The Morgan fingerprint density at radius 2 is 1.83 bits per heavy atom. The third kappa shape index (κ3) is 3.37. The third-order valence-corrected chi connectivity index (χ3v) is 6.07. The summed E-state index contributed by atoms with van der Waals surface area (Å²) in [5.74, 6) is -0.501. The predicted octanol–water partition coefficient (Wildman–Crippen LogP) is 2.74. The van der Waals surface area contributed by atoms with Crippen LogP contribution in [0, 0.1) is 0 Å². The molecule has 4 N–H and O–H groups in total. The van der Waals surface area contributed by atoms with E-state index in [1.54, 1.807) is 23.1 Å². The van der Waals surface area contributed by atoms with Gasteiger partial charge in [-0.1, -0.05) is 30.3 Å². The lowest BCUT2D eigenvalue weighted by atomic mass is 9.89. The van der Waals surface area contributed by atoms with E-state index in [2.05, 4.69) is 0 Å². The Bertz CT molecular complexity index is 952. The number of phenolic OH excluding ortho intramolecular Hbond substituents is 2. The molecule has 1 aliphatic heterocycles. The summed E-state index contributed by atoms with van der Waals surface area (Å²) >= 11 is 0. The van der Waals surface area contributed by atoms with Gasteiger partial charge in [-0.05, 0) is 42.4 Å². The molecule has 29 heavy (non-hydrogen) atoms. The van der Waals surface area contributed by atoms with Gasteiger partial charge in [-0.3, -0.25) is 4.79 Å². The number of rotatable bonds is 3. The minimum absolute atomic E-state index is 0.0147. The van der Waals surface area contributed by atoms with Crippen LogP contribution in [-0.4, -0.2) is 40.2 Å². The van der Waals surface area contributed by atoms with Crippen LogP contribution < -0.4 is 5.73 Å². The topological polar surface area (TPSA) is 113 Å². The summed E-state index contributed by atoms with van der Waals surface area (Å²) in [5.41, 5.74) is 6.65.